The van der Waals surface area contributed by atoms with Gasteiger partial charge in [0.1, 0.15) is 6.61 Å². The summed E-state index contributed by atoms with van der Waals surface area (Å²) in [6.45, 7) is 1.86. The average Bonchev–Trinajstić information content (AvgIpc) is 2.45. The van der Waals surface area contributed by atoms with Crippen molar-refractivity contribution >= 4 is 11.6 Å². The molecule has 1 aromatic carbocycles. The van der Waals surface area contributed by atoms with Gasteiger partial charge in [0.15, 0.2) is 0 Å². The fourth-order valence-corrected chi connectivity index (χ4v) is 2.24. The molecule has 2 N–H and O–H groups in total. The molecular weight excluding hydrogens is 328 g/mol. The Morgan fingerprint density at radius 1 is 1.42 bits per heavy atom. The van der Waals surface area contributed by atoms with Crippen molar-refractivity contribution in [2.45, 2.75) is 25.9 Å². The number of anilines is 1. The van der Waals surface area contributed by atoms with Gasteiger partial charge in [0.25, 0.3) is 0 Å². The number of hydrogen-bond donors (Lipinski definition) is 2. The molecule has 0 saturated carbocycles. The first-order valence-corrected chi connectivity index (χ1v) is 7.64. The highest BCUT2D eigenvalue weighted by molar-refractivity contribution is 5.92. The second-order valence-corrected chi connectivity index (χ2v) is 5.95. The number of carbonyl (C=O) groups excluding carboxylic acids is 1. The van der Waals surface area contributed by atoms with Gasteiger partial charge in [-0.25, -0.2) is 8.78 Å². The van der Waals surface area contributed by atoms with Gasteiger partial charge in [0.2, 0.25) is 5.91 Å². The van der Waals surface area contributed by atoms with Crippen LogP contribution in [0.25, 0.3) is 0 Å². The van der Waals surface area contributed by atoms with E-state index in [-0.39, 0.29) is 18.4 Å². The molecule has 0 aliphatic carbocycles. The van der Waals surface area contributed by atoms with E-state index in [1.54, 1.807) is 24.3 Å². The molecule has 1 aliphatic heterocycles. The molecule has 1 aliphatic rings. The van der Waals surface area contributed by atoms with E-state index in [1.165, 1.54) is 0 Å². The number of amides is 1. The first kappa shape index (κ1) is 18.7. The zero-order valence-electron chi connectivity index (χ0n) is 13.2. The van der Waals surface area contributed by atoms with Crippen molar-refractivity contribution in [1.29, 1.82) is 0 Å². The number of ether oxygens (including phenoxy) is 1. The van der Waals surface area contributed by atoms with Crippen LogP contribution < -0.4 is 10.6 Å². The Kier molecular flexibility index (Phi) is 6.17. The fourth-order valence-electron chi connectivity index (χ4n) is 2.24. The minimum atomic E-state index is -4.17. The van der Waals surface area contributed by atoms with Gasteiger partial charge in [-0.2, -0.15) is 8.78 Å². The molecule has 8 heteroatoms. The Balaban J connectivity index is 1.85. The lowest BCUT2D eigenvalue weighted by Crippen LogP contribution is -2.48. The molecule has 0 aromatic heterocycles. The third-order valence-electron chi connectivity index (χ3n) is 4.01. The molecule has 24 heavy (non-hydrogen) atoms. The van der Waals surface area contributed by atoms with Crippen LogP contribution >= 0.6 is 0 Å². The highest BCUT2D eigenvalue weighted by Gasteiger charge is 2.40. The van der Waals surface area contributed by atoms with Crippen molar-refractivity contribution in [2.24, 2.45) is 11.8 Å². The van der Waals surface area contributed by atoms with Crippen LogP contribution in [0.4, 0.5) is 23.2 Å². The maximum absolute atomic E-state index is 12.8. The Morgan fingerprint density at radius 3 is 2.71 bits per heavy atom. The van der Waals surface area contributed by atoms with Crippen molar-refractivity contribution in [1.82, 2.24) is 5.32 Å². The molecular formula is C16H20F4N2O2. The summed E-state index contributed by atoms with van der Waals surface area (Å²) in [4.78, 5) is 12.1. The molecule has 1 heterocycles. The molecule has 1 fully saturated rings. The highest BCUT2D eigenvalue weighted by Crippen LogP contribution is 2.24. The Morgan fingerprint density at radius 2 is 2.12 bits per heavy atom. The molecule has 4 nitrogen and oxygen atoms in total. The van der Waals surface area contributed by atoms with Crippen LogP contribution in [-0.2, 0) is 16.1 Å². The molecule has 1 aromatic rings. The summed E-state index contributed by atoms with van der Waals surface area (Å²) in [5, 5.41) is 5.87. The van der Waals surface area contributed by atoms with E-state index in [2.05, 4.69) is 15.4 Å². The molecule has 1 amide bonds. The standard InChI is InChI=1S/C16H20F4N2O2/c1-10(12-6-21-7-12)14(23)22-13-4-2-3-11(5-13)8-24-9-16(19,20)15(17)18/h2-5,10,12,15,21H,6-9H2,1H3,(H,22,23). The van der Waals surface area contributed by atoms with Gasteiger partial charge >= 0.3 is 12.3 Å². The number of benzene rings is 1. The molecule has 1 atom stereocenters. The van der Waals surface area contributed by atoms with Gasteiger partial charge in [0, 0.05) is 11.6 Å². The van der Waals surface area contributed by atoms with Gasteiger partial charge < -0.3 is 15.4 Å². The predicted molar refractivity (Wildman–Crippen MR) is 81.2 cm³/mol. The normalized spacial score (nSPS) is 16.8. The van der Waals surface area contributed by atoms with E-state index >= 15 is 0 Å². The first-order valence-electron chi connectivity index (χ1n) is 7.64. The molecule has 1 unspecified atom stereocenters. The number of halogens is 4. The SMILES string of the molecule is CC(C(=O)Nc1cccc(COCC(F)(F)C(F)F)c1)C1CNC1. The second kappa shape index (κ2) is 7.94. The van der Waals surface area contributed by atoms with E-state index in [0.717, 1.165) is 13.1 Å². The smallest absolute Gasteiger partial charge is 0.330 e. The number of rotatable bonds is 8. The Labute approximate surface area is 137 Å². The minimum absolute atomic E-state index is 0.121. The molecule has 1 saturated heterocycles. The van der Waals surface area contributed by atoms with E-state index in [1.807, 2.05) is 6.92 Å². The van der Waals surface area contributed by atoms with Crippen molar-refractivity contribution in [2.75, 3.05) is 25.0 Å². The first-order chi connectivity index (χ1) is 11.3. The maximum atomic E-state index is 12.8. The largest absolute Gasteiger partial charge is 0.370 e. The summed E-state index contributed by atoms with van der Waals surface area (Å²) < 4.78 is 54.3. The van der Waals surface area contributed by atoms with Crippen LogP contribution in [0.3, 0.4) is 0 Å². The fraction of sp³-hybridized carbons (Fsp3) is 0.562. The molecule has 2 rings (SSSR count). The summed E-state index contributed by atoms with van der Waals surface area (Å²) in [5.74, 6) is -4.13. The predicted octanol–water partition coefficient (Wildman–Crippen LogP) is 2.90. The Hall–Kier alpha value is -1.67. The summed E-state index contributed by atoms with van der Waals surface area (Å²) in [5.41, 5.74) is 1.02. The summed E-state index contributed by atoms with van der Waals surface area (Å²) >= 11 is 0. The molecule has 0 bridgehead atoms. The van der Waals surface area contributed by atoms with Crippen LogP contribution in [0.1, 0.15) is 12.5 Å². The number of alkyl halides is 4. The third-order valence-corrected chi connectivity index (χ3v) is 4.01. The lowest BCUT2D eigenvalue weighted by molar-refractivity contribution is -0.168. The Bertz CT molecular complexity index is 565. The number of nitrogens with one attached hydrogen (secondary N) is 2. The number of hydrogen-bond acceptors (Lipinski definition) is 3. The summed E-state index contributed by atoms with van der Waals surface area (Å²) in [6.07, 6.45) is -3.76. The zero-order chi connectivity index (χ0) is 17.7. The minimum Gasteiger partial charge on any atom is -0.370 e. The lowest BCUT2D eigenvalue weighted by atomic mass is 9.88. The second-order valence-electron chi connectivity index (χ2n) is 5.95. The van der Waals surface area contributed by atoms with Crippen LogP contribution in [-0.4, -0.2) is 38.0 Å². The van der Waals surface area contributed by atoms with E-state index in [4.69, 9.17) is 0 Å². The van der Waals surface area contributed by atoms with Crippen LogP contribution in [0, 0.1) is 11.8 Å². The summed E-state index contributed by atoms with van der Waals surface area (Å²) in [7, 11) is 0. The van der Waals surface area contributed by atoms with Crippen molar-refractivity contribution in [3.63, 3.8) is 0 Å². The van der Waals surface area contributed by atoms with Crippen LogP contribution in [0.15, 0.2) is 24.3 Å². The van der Waals surface area contributed by atoms with Gasteiger partial charge in [-0.1, -0.05) is 19.1 Å². The molecule has 134 valence electrons. The topological polar surface area (TPSA) is 50.4 Å². The highest BCUT2D eigenvalue weighted by atomic mass is 19.3. The van der Waals surface area contributed by atoms with Gasteiger partial charge in [0.05, 0.1) is 6.61 Å². The van der Waals surface area contributed by atoms with Crippen molar-refractivity contribution < 1.29 is 27.1 Å². The maximum Gasteiger partial charge on any atom is 0.330 e. The zero-order valence-corrected chi connectivity index (χ0v) is 13.2. The van der Waals surface area contributed by atoms with E-state index < -0.39 is 19.0 Å². The van der Waals surface area contributed by atoms with Crippen LogP contribution in [0.5, 0.6) is 0 Å². The van der Waals surface area contributed by atoms with Crippen LogP contribution in [0.2, 0.25) is 0 Å². The lowest BCUT2D eigenvalue weighted by Gasteiger charge is -2.31. The quantitative estimate of drug-likeness (QED) is 0.711. The average molecular weight is 348 g/mol. The number of carbonyl (C=O) groups is 1. The van der Waals surface area contributed by atoms with Crippen molar-refractivity contribution in [3.05, 3.63) is 29.8 Å². The van der Waals surface area contributed by atoms with E-state index in [0.29, 0.717) is 17.2 Å². The van der Waals surface area contributed by atoms with Gasteiger partial charge in [-0.3, -0.25) is 4.79 Å². The van der Waals surface area contributed by atoms with Crippen molar-refractivity contribution in [3.8, 4) is 0 Å². The summed E-state index contributed by atoms with van der Waals surface area (Å²) in [6, 6.07) is 6.48. The van der Waals surface area contributed by atoms with Gasteiger partial charge in [-0.15, -0.1) is 0 Å². The molecule has 0 spiro atoms. The third kappa shape index (κ3) is 4.91. The van der Waals surface area contributed by atoms with Gasteiger partial charge in [-0.05, 0) is 36.7 Å². The monoisotopic (exact) mass is 348 g/mol. The molecule has 0 radical (unpaired) electrons. The van der Waals surface area contributed by atoms with E-state index in [9.17, 15) is 22.4 Å².